The van der Waals surface area contributed by atoms with Crippen molar-refractivity contribution < 1.29 is 9.76 Å². The Labute approximate surface area is 157 Å². The summed E-state index contributed by atoms with van der Waals surface area (Å²) in [5, 5.41) is 13.3. The zero-order chi connectivity index (χ0) is 18.7. The van der Waals surface area contributed by atoms with E-state index in [1.807, 2.05) is 96.1 Å². The van der Waals surface area contributed by atoms with Gasteiger partial charge in [0.2, 0.25) is 6.54 Å². The van der Waals surface area contributed by atoms with E-state index < -0.39 is 5.54 Å². The molecule has 0 aromatic heterocycles. The van der Waals surface area contributed by atoms with Gasteiger partial charge in [-0.15, -0.1) is 0 Å². The molecule has 5 heteroatoms. The minimum atomic E-state index is -0.781. The zero-order valence-corrected chi connectivity index (χ0v) is 14.8. The van der Waals surface area contributed by atoms with Crippen LogP contribution < -0.4 is 5.06 Å². The maximum atomic E-state index is 11.5. The Morgan fingerprint density at radius 1 is 0.889 bits per heavy atom. The van der Waals surface area contributed by atoms with Crippen LogP contribution >= 0.6 is 0 Å². The molecule has 5 nitrogen and oxygen atoms in total. The van der Waals surface area contributed by atoms with Gasteiger partial charge in [-0.2, -0.15) is 0 Å². The van der Waals surface area contributed by atoms with Crippen molar-refractivity contribution in [2.75, 3.05) is 18.2 Å². The summed E-state index contributed by atoms with van der Waals surface area (Å²) in [4.78, 5) is 17.3. The van der Waals surface area contributed by atoms with Crippen LogP contribution in [0.2, 0.25) is 0 Å². The molecule has 3 aromatic carbocycles. The monoisotopic (exact) mass is 360 g/mol. The molecule has 1 unspecified atom stereocenters. The summed E-state index contributed by atoms with van der Waals surface area (Å²) in [5.41, 5.74) is 2.04. The lowest BCUT2D eigenvalue weighted by atomic mass is 9.73. The number of hydrogen-bond acceptors (Lipinski definition) is 4. The fourth-order valence-electron chi connectivity index (χ4n) is 4.02. The van der Waals surface area contributed by atoms with Crippen molar-refractivity contribution >= 4 is 5.69 Å². The van der Waals surface area contributed by atoms with Crippen molar-refractivity contribution in [3.05, 3.63) is 112 Å². The lowest BCUT2D eigenvalue weighted by molar-refractivity contribution is -0.489. The van der Waals surface area contributed by atoms with Crippen LogP contribution in [0.1, 0.15) is 11.1 Å². The first-order valence-corrected chi connectivity index (χ1v) is 8.94. The second-order valence-corrected chi connectivity index (χ2v) is 6.64. The summed E-state index contributed by atoms with van der Waals surface area (Å²) in [6.07, 6.45) is 0. The molecule has 3 aromatic rings. The second kappa shape index (κ2) is 7.21. The number of para-hydroxylation sites is 1. The standard InChI is InChI=1S/C22H20N2O3/c25-23(26)16-20-17-27-24(21-14-8-3-9-15-21)22(20,18-10-4-1-5-11-18)19-12-6-2-7-13-19/h1-15,20H,16-17H2. The smallest absolute Gasteiger partial charge is 0.212 e. The maximum Gasteiger partial charge on any atom is 0.212 e. The lowest BCUT2D eigenvalue weighted by Crippen LogP contribution is -2.48. The molecule has 136 valence electrons. The summed E-state index contributed by atoms with van der Waals surface area (Å²) in [6.45, 7) is 0.104. The Kier molecular flexibility index (Phi) is 4.60. The molecule has 0 bridgehead atoms. The van der Waals surface area contributed by atoms with E-state index in [0.29, 0.717) is 0 Å². The molecule has 4 rings (SSSR count). The number of rotatable bonds is 5. The van der Waals surface area contributed by atoms with Gasteiger partial charge in [-0.3, -0.25) is 15.0 Å². The Balaban J connectivity index is 1.98. The highest BCUT2D eigenvalue weighted by atomic mass is 16.7. The summed E-state index contributed by atoms with van der Waals surface area (Å²) in [6, 6.07) is 29.6. The van der Waals surface area contributed by atoms with Crippen LogP contribution in [0, 0.1) is 16.0 Å². The topological polar surface area (TPSA) is 55.6 Å². The highest BCUT2D eigenvalue weighted by Gasteiger charge is 2.55. The molecule has 1 aliphatic rings. The first-order chi connectivity index (χ1) is 13.2. The highest BCUT2D eigenvalue weighted by molar-refractivity contribution is 5.56. The molecule has 0 N–H and O–H groups in total. The molecule has 1 atom stereocenters. The predicted octanol–water partition coefficient (Wildman–Crippen LogP) is 4.27. The zero-order valence-electron chi connectivity index (χ0n) is 14.8. The quantitative estimate of drug-likeness (QED) is 0.503. The van der Waals surface area contributed by atoms with E-state index in [0.717, 1.165) is 16.8 Å². The van der Waals surface area contributed by atoms with E-state index in [1.165, 1.54) is 0 Å². The molecule has 1 aliphatic heterocycles. The van der Waals surface area contributed by atoms with Crippen LogP contribution in [0.25, 0.3) is 0 Å². The SMILES string of the molecule is O=[N+]([O-])CC1CON(c2ccccc2)C1(c1ccccc1)c1ccccc1. The van der Waals surface area contributed by atoms with Crippen LogP contribution in [0.5, 0.6) is 0 Å². The van der Waals surface area contributed by atoms with Crippen LogP contribution in [-0.4, -0.2) is 18.1 Å². The first kappa shape index (κ1) is 17.2. The molecular formula is C22H20N2O3. The van der Waals surface area contributed by atoms with E-state index in [2.05, 4.69) is 0 Å². The summed E-state index contributed by atoms with van der Waals surface area (Å²) in [7, 11) is 0. The van der Waals surface area contributed by atoms with Gasteiger partial charge in [-0.25, -0.2) is 5.06 Å². The van der Waals surface area contributed by atoms with E-state index in [-0.39, 0.29) is 24.0 Å². The van der Waals surface area contributed by atoms with Gasteiger partial charge in [0.25, 0.3) is 0 Å². The van der Waals surface area contributed by atoms with Gasteiger partial charge < -0.3 is 0 Å². The second-order valence-electron chi connectivity index (χ2n) is 6.64. The van der Waals surface area contributed by atoms with Crippen LogP contribution in [0.3, 0.4) is 0 Å². The number of nitro groups is 1. The van der Waals surface area contributed by atoms with Gasteiger partial charge in [-0.05, 0) is 23.3 Å². The van der Waals surface area contributed by atoms with E-state index in [9.17, 15) is 10.1 Å². The fraction of sp³-hybridized carbons (Fsp3) is 0.182. The highest BCUT2D eigenvalue weighted by Crippen LogP contribution is 2.49. The Morgan fingerprint density at radius 2 is 1.37 bits per heavy atom. The fourth-order valence-corrected chi connectivity index (χ4v) is 4.02. The van der Waals surface area contributed by atoms with Crippen LogP contribution in [0.15, 0.2) is 91.0 Å². The van der Waals surface area contributed by atoms with Crippen molar-refractivity contribution in [2.45, 2.75) is 5.54 Å². The third-order valence-electron chi connectivity index (χ3n) is 5.10. The minimum Gasteiger partial charge on any atom is -0.272 e. The number of hydroxylamine groups is 1. The Bertz CT molecular complexity index is 861. The van der Waals surface area contributed by atoms with Crippen LogP contribution in [0.4, 0.5) is 5.69 Å². The molecule has 1 fully saturated rings. The number of nitrogens with zero attached hydrogens (tertiary/aromatic N) is 2. The van der Waals surface area contributed by atoms with Crippen molar-refractivity contribution in [3.8, 4) is 0 Å². The first-order valence-electron chi connectivity index (χ1n) is 8.94. The molecule has 0 amide bonds. The number of benzene rings is 3. The average molecular weight is 360 g/mol. The third-order valence-corrected chi connectivity index (χ3v) is 5.10. The molecule has 0 saturated carbocycles. The molecular weight excluding hydrogens is 340 g/mol. The van der Waals surface area contributed by atoms with E-state index in [1.54, 1.807) is 0 Å². The number of hydrogen-bond donors (Lipinski definition) is 0. The molecule has 1 heterocycles. The minimum absolute atomic E-state index is 0.173. The van der Waals surface area contributed by atoms with Gasteiger partial charge in [0.15, 0.2) is 0 Å². The number of anilines is 1. The van der Waals surface area contributed by atoms with Gasteiger partial charge in [0, 0.05) is 4.92 Å². The molecule has 27 heavy (non-hydrogen) atoms. The maximum absolute atomic E-state index is 11.5. The molecule has 0 aliphatic carbocycles. The van der Waals surface area contributed by atoms with Gasteiger partial charge in [-0.1, -0.05) is 78.9 Å². The Hall–Kier alpha value is -3.18. The van der Waals surface area contributed by atoms with Crippen molar-refractivity contribution in [2.24, 2.45) is 5.92 Å². The van der Waals surface area contributed by atoms with E-state index >= 15 is 0 Å². The van der Waals surface area contributed by atoms with Gasteiger partial charge >= 0.3 is 0 Å². The molecule has 1 saturated heterocycles. The van der Waals surface area contributed by atoms with Gasteiger partial charge in [0.05, 0.1) is 18.2 Å². The molecule has 0 radical (unpaired) electrons. The third kappa shape index (κ3) is 2.96. The summed E-state index contributed by atoms with van der Waals surface area (Å²) < 4.78 is 0. The van der Waals surface area contributed by atoms with Crippen molar-refractivity contribution in [3.63, 3.8) is 0 Å². The van der Waals surface area contributed by atoms with E-state index in [4.69, 9.17) is 4.84 Å². The lowest BCUT2D eigenvalue weighted by Gasteiger charge is -2.41. The predicted molar refractivity (Wildman–Crippen MR) is 104 cm³/mol. The Morgan fingerprint density at radius 3 is 1.85 bits per heavy atom. The van der Waals surface area contributed by atoms with Crippen molar-refractivity contribution in [1.82, 2.24) is 0 Å². The van der Waals surface area contributed by atoms with Crippen LogP contribution in [-0.2, 0) is 10.4 Å². The normalized spacial score (nSPS) is 18.4. The van der Waals surface area contributed by atoms with Crippen molar-refractivity contribution in [1.29, 1.82) is 0 Å². The molecule has 0 spiro atoms. The average Bonchev–Trinajstić information content (AvgIpc) is 3.09. The van der Waals surface area contributed by atoms with Gasteiger partial charge in [0.1, 0.15) is 5.54 Å². The summed E-state index contributed by atoms with van der Waals surface area (Å²) >= 11 is 0. The summed E-state index contributed by atoms with van der Waals surface area (Å²) in [5.74, 6) is -0.336. The largest absolute Gasteiger partial charge is 0.272 e.